The van der Waals surface area contributed by atoms with E-state index >= 15 is 0 Å². The number of amides is 1. The van der Waals surface area contributed by atoms with Gasteiger partial charge < -0.3 is 9.32 Å². The molecule has 0 atom stereocenters. The minimum absolute atomic E-state index is 0.0560. The smallest absolute Gasteiger partial charge is 0.263 e. The molecule has 4 rings (SSSR count). The molecule has 0 spiro atoms. The van der Waals surface area contributed by atoms with E-state index in [1.165, 1.54) is 27.7 Å². The third-order valence-corrected chi connectivity index (χ3v) is 6.69. The van der Waals surface area contributed by atoms with Crippen LogP contribution < -0.4 is 5.56 Å². The molecule has 6 nitrogen and oxygen atoms in total. The van der Waals surface area contributed by atoms with Gasteiger partial charge in [0.25, 0.3) is 5.56 Å². The van der Waals surface area contributed by atoms with Gasteiger partial charge in [0.05, 0.1) is 17.7 Å². The van der Waals surface area contributed by atoms with E-state index in [2.05, 4.69) is 4.98 Å². The molecule has 1 amide bonds. The fourth-order valence-corrected chi connectivity index (χ4v) is 5.04. The Bertz CT molecular complexity index is 1260. The average Bonchev–Trinajstić information content (AvgIpc) is 3.36. The fourth-order valence-electron chi connectivity index (χ4n) is 3.14. The van der Waals surface area contributed by atoms with Crippen molar-refractivity contribution < 1.29 is 9.21 Å². The molecule has 30 heavy (non-hydrogen) atoms. The van der Waals surface area contributed by atoms with Crippen LogP contribution in [0.1, 0.15) is 11.5 Å². The van der Waals surface area contributed by atoms with Gasteiger partial charge in [-0.1, -0.05) is 42.1 Å². The van der Waals surface area contributed by atoms with Gasteiger partial charge in [0.15, 0.2) is 5.16 Å². The summed E-state index contributed by atoms with van der Waals surface area (Å²) in [6, 6.07) is 13.6. The van der Waals surface area contributed by atoms with Gasteiger partial charge in [0.1, 0.15) is 16.4 Å². The second kappa shape index (κ2) is 8.49. The number of carbonyl (C=O) groups excluding carboxylic acids is 1. The van der Waals surface area contributed by atoms with Crippen LogP contribution in [0.25, 0.3) is 21.3 Å². The van der Waals surface area contributed by atoms with Gasteiger partial charge in [-0.25, -0.2) is 4.98 Å². The van der Waals surface area contributed by atoms with Crippen molar-refractivity contribution in [2.45, 2.75) is 18.6 Å². The van der Waals surface area contributed by atoms with Crippen LogP contribution in [0.15, 0.2) is 62.2 Å². The van der Waals surface area contributed by atoms with Gasteiger partial charge in [0, 0.05) is 25.0 Å². The SMILES string of the molecule is Cc1ccc(CN(C)C(=O)CSc2nc3scc(-c4ccccc4)c3c(=O)n2C)o1. The molecule has 0 fully saturated rings. The molecule has 0 saturated carbocycles. The predicted molar refractivity (Wildman–Crippen MR) is 121 cm³/mol. The predicted octanol–water partition coefficient (Wildman–Crippen LogP) is 4.31. The summed E-state index contributed by atoms with van der Waals surface area (Å²) in [4.78, 5) is 32.5. The van der Waals surface area contributed by atoms with Gasteiger partial charge in [0.2, 0.25) is 5.91 Å². The van der Waals surface area contributed by atoms with Crippen molar-refractivity contribution in [1.29, 1.82) is 0 Å². The summed E-state index contributed by atoms with van der Waals surface area (Å²) in [5.74, 6) is 1.70. The number of fused-ring (bicyclic) bond motifs is 1. The second-order valence-corrected chi connectivity index (χ2v) is 8.81. The lowest BCUT2D eigenvalue weighted by Crippen LogP contribution is -2.28. The lowest BCUT2D eigenvalue weighted by Gasteiger charge is -2.15. The number of rotatable bonds is 6. The molecule has 1 aromatic carbocycles. The Kier molecular flexibility index (Phi) is 5.78. The van der Waals surface area contributed by atoms with Crippen molar-refractivity contribution in [1.82, 2.24) is 14.5 Å². The summed E-state index contributed by atoms with van der Waals surface area (Å²) in [5.41, 5.74) is 1.78. The number of benzene rings is 1. The maximum atomic E-state index is 13.0. The minimum Gasteiger partial charge on any atom is -0.464 e. The molecule has 0 unspecified atom stereocenters. The highest BCUT2D eigenvalue weighted by atomic mass is 32.2. The van der Waals surface area contributed by atoms with Gasteiger partial charge in [-0.15, -0.1) is 11.3 Å². The van der Waals surface area contributed by atoms with Gasteiger partial charge in [-0.2, -0.15) is 0 Å². The Morgan fingerprint density at radius 3 is 2.70 bits per heavy atom. The van der Waals surface area contributed by atoms with Crippen molar-refractivity contribution in [2.24, 2.45) is 7.05 Å². The van der Waals surface area contributed by atoms with Gasteiger partial charge in [-0.3, -0.25) is 14.2 Å². The third kappa shape index (κ3) is 4.06. The maximum absolute atomic E-state index is 13.0. The number of aryl methyl sites for hydroxylation is 1. The summed E-state index contributed by atoms with van der Waals surface area (Å²) in [6.45, 7) is 2.28. The van der Waals surface area contributed by atoms with Crippen molar-refractivity contribution >= 4 is 39.2 Å². The number of thiophene rings is 1. The highest BCUT2D eigenvalue weighted by Gasteiger charge is 2.18. The first kappa shape index (κ1) is 20.4. The van der Waals surface area contributed by atoms with Crippen LogP contribution in [0, 0.1) is 6.92 Å². The van der Waals surface area contributed by atoms with E-state index < -0.39 is 0 Å². The first-order valence-electron chi connectivity index (χ1n) is 9.39. The Balaban J connectivity index is 1.53. The molecule has 0 saturated heterocycles. The maximum Gasteiger partial charge on any atom is 0.263 e. The van der Waals surface area contributed by atoms with Crippen LogP contribution in [0.3, 0.4) is 0 Å². The number of carbonyl (C=O) groups is 1. The van der Waals surface area contributed by atoms with Gasteiger partial charge >= 0.3 is 0 Å². The molecule has 0 aliphatic heterocycles. The lowest BCUT2D eigenvalue weighted by atomic mass is 10.1. The molecule has 0 aliphatic rings. The number of thioether (sulfide) groups is 1. The Morgan fingerprint density at radius 1 is 1.23 bits per heavy atom. The number of nitrogens with zero attached hydrogens (tertiary/aromatic N) is 3. The Labute approximate surface area is 182 Å². The van der Waals surface area contributed by atoms with Crippen molar-refractivity contribution in [3.63, 3.8) is 0 Å². The largest absolute Gasteiger partial charge is 0.464 e. The van der Waals surface area contributed by atoms with Crippen LogP contribution in [0.5, 0.6) is 0 Å². The van der Waals surface area contributed by atoms with Crippen LogP contribution >= 0.6 is 23.1 Å². The lowest BCUT2D eigenvalue weighted by molar-refractivity contribution is -0.127. The molecule has 154 valence electrons. The molecule has 4 aromatic rings. The number of hydrogen-bond acceptors (Lipinski definition) is 6. The van der Waals surface area contributed by atoms with Crippen LogP contribution in [0.4, 0.5) is 0 Å². The van der Waals surface area contributed by atoms with Crippen molar-refractivity contribution in [3.8, 4) is 11.1 Å². The zero-order valence-corrected chi connectivity index (χ0v) is 18.5. The molecule has 0 bridgehead atoms. The van der Waals surface area contributed by atoms with Gasteiger partial charge in [-0.05, 0) is 24.6 Å². The van der Waals surface area contributed by atoms with E-state index in [1.807, 2.05) is 54.8 Å². The standard InChI is InChI=1S/C22H21N3O3S2/c1-14-9-10-16(28-14)11-24(2)18(26)13-30-22-23-20-19(21(27)25(22)3)17(12-29-20)15-7-5-4-6-8-15/h4-10,12H,11,13H2,1-3H3. The molecule has 3 aromatic heterocycles. The summed E-state index contributed by atoms with van der Waals surface area (Å²) in [5, 5.41) is 3.12. The quantitative estimate of drug-likeness (QED) is 0.331. The van der Waals surface area contributed by atoms with Crippen LogP contribution in [0.2, 0.25) is 0 Å². The van der Waals surface area contributed by atoms with E-state index in [9.17, 15) is 9.59 Å². The third-order valence-electron chi connectivity index (χ3n) is 4.80. The molecular weight excluding hydrogens is 418 g/mol. The normalized spacial score (nSPS) is 11.2. The summed E-state index contributed by atoms with van der Waals surface area (Å²) in [7, 11) is 3.44. The van der Waals surface area contributed by atoms with E-state index in [1.54, 1.807) is 19.0 Å². The van der Waals surface area contributed by atoms with Crippen LogP contribution in [-0.2, 0) is 18.4 Å². The molecule has 0 N–H and O–H groups in total. The monoisotopic (exact) mass is 439 g/mol. The summed E-state index contributed by atoms with van der Waals surface area (Å²) >= 11 is 2.71. The van der Waals surface area contributed by atoms with Crippen molar-refractivity contribution in [2.75, 3.05) is 12.8 Å². The highest BCUT2D eigenvalue weighted by Crippen LogP contribution is 2.31. The van der Waals surface area contributed by atoms with Crippen molar-refractivity contribution in [3.05, 3.63) is 69.7 Å². The molecule has 0 aliphatic carbocycles. The van der Waals surface area contributed by atoms with E-state index in [0.717, 1.165) is 22.6 Å². The fraction of sp³-hybridized carbons (Fsp3) is 0.227. The Morgan fingerprint density at radius 2 is 2.00 bits per heavy atom. The molecule has 3 heterocycles. The summed E-state index contributed by atoms with van der Waals surface area (Å²) < 4.78 is 7.05. The van der Waals surface area contributed by atoms with E-state index in [-0.39, 0.29) is 17.2 Å². The van der Waals surface area contributed by atoms with E-state index in [4.69, 9.17) is 4.42 Å². The second-order valence-electron chi connectivity index (χ2n) is 7.00. The highest BCUT2D eigenvalue weighted by molar-refractivity contribution is 7.99. The zero-order valence-electron chi connectivity index (χ0n) is 16.9. The first-order valence-corrected chi connectivity index (χ1v) is 11.3. The number of aromatic nitrogens is 2. The minimum atomic E-state index is -0.102. The Hall–Kier alpha value is -2.84. The zero-order chi connectivity index (χ0) is 21.3. The summed E-state index contributed by atoms with van der Waals surface area (Å²) in [6.07, 6.45) is 0. The molecule has 8 heteroatoms. The van der Waals surface area contributed by atoms with Crippen LogP contribution in [-0.4, -0.2) is 33.2 Å². The topological polar surface area (TPSA) is 68.3 Å². The van der Waals surface area contributed by atoms with E-state index in [0.29, 0.717) is 21.9 Å². The first-order chi connectivity index (χ1) is 14.4. The molecule has 0 radical (unpaired) electrons. The molecular formula is C22H21N3O3S2. The average molecular weight is 440 g/mol. The number of furan rings is 1. The number of hydrogen-bond donors (Lipinski definition) is 0.